The van der Waals surface area contributed by atoms with Crippen LogP contribution in [-0.2, 0) is 16.9 Å². The summed E-state index contributed by atoms with van der Waals surface area (Å²) in [4.78, 5) is 32.4. The van der Waals surface area contributed by atoms with Gasteiger partial charge in [-0.05, 0) is 26.0 Å². The average molecular weight is 434 g/mol. The molecule has 1 aliphatic carbocycles. The van der Waals surface area contributed by atoms with Gasteiger partial charge in [0.25, 0.3) is 0 Å². The molecule has 0 bridgehead atoms. The van der Waals surface area contributed by atoms with Crippen LogP contribution in [0.4, 0.5) is 10.5 Å². The van der Waals surface area contributed by atoms with Crippen molar-refractivity contribution < 1.29 is 14.0 Å². The maximum Gasteiger partial charge on any atom is 0.319 e. The number of hydrogen-bond acceptors (Lipinski definition) is 5. The van der Waals surface area contributed by atoms with E-state index in [2.05, 4.69) is 15.6 Å². The number of anilines is 1. The summed E-state index contributed by atoms with van der Waals surface area (Å²) < 4.78 is 6.21. The molecule has 2 aliphatic rings. The van der Waals surface area contributed by atoms with Crippen molar-refractivity contribution in [2.45, 2.75) is 50.6 Å². The number of amides is 3. The molecule has 3 amide bonds. The van der Waals surface area contributed by atoms with E-state index in [1.165, 1.54) is 0 Å². The van der Waals surface area contributed by atoms with E-state index in [4.69, 9.17) is 16.0 Å². The Morgan fingerprint density at radius 2 is 2.00 bits per heavy atom. The minimum absolute atomic E-state index is 0.0846. The molecule has 162 valence electrons. The number of oxazole rings is 1. The Labute approximate surface area is 180 Å². The summed E-state index contributed by atoms with van der Waals surface area (Å²) in [6.45, 7) is 1.09. The number of nitrogens with zero attached hydrogens (tertiary/aromatic N) is 3. The molecule has 0 saturated heterocycles. The molecule has 30 heavy (non-hydrogen) atoms. The molecule has 1 aromatic heterocycles. The molecule has 2 heterocycles. The maximum atomic E-state index is 12.3. The van der Waals surface area contributed by atoms with Crippen molar-refractivity contribution in [1.29, 1.82) is 0 Å². The Bertz CT molecular complexity index is 981. The molecule has 1 aliphatic heterocycles. The van der Waals surface area contributed by atoms with Gasteiger partial charge in [-0.1, -0.05) is 30.9 Å². The van der Waals surface area contributed by atoms with Gasteiger partial charge in [-0.2, -0.15) is 0 Å². The van der Waals surface area contributed by atoms with Gasteiger partial charge >= 0.3 is 6.03 Å². The number of nitrogens with one attached hydrogen (secondary N) is 2. The van der Waals surface area contributed by atoms with Crippen molar-refractivity contribution in [3.05, 3.63) is 22.5 Å². The number of urea groups is 1. The number of hydrogen-bond donors (Lipinski definition) is 2. The van der Waals surface area contributed by atoms with E-state index in [1.54, 1.807) is 25.1 Å². The maximum absolute atomic E-state index is 12.3. The van der Waals surface area contributed by atoms with Crippen LogP contribution in [0.2, 0.25) is 5.02 Å². The second-order valence-corrected chi connectivity index (χ2v) is 8.97. The highest BCUT2D eigenvalue weighted by Crippen LogP contribution is 2.48. The van der Waals surface area contributed by atoms with Crippen LogP contribution in [0.3, 0.4) is 0 Å². The van der Waals surface area contributed by atoms with Crippen molar-refractivity contribution in [3.8, 4) is 0 Å². The minimum Gasteiger partial charge on any atom is -0.439 e. The SMILES string of the molecule is CN(CCC(=O)N(C)C)Cc1nc2cc(Cl)c3c(c2o1)C1(CCCCC1)NC(=O)N3. The number of aromatic nitrogens is 1. The lowest BCUT2D eigenvalue weighted by Crippen LogP contribution is -2.52. The lowest BCUT2D eigenvalue weighted by molar-refractivity contribution is -0.129. The third-order valence-electron chi connectivity index (χ3n) is 6.07. The number of carbonyl (C=O) groups excluding carboxylic acids is 2. The third-order valence-corrected chi connectivity index (χ3v) is 6.36. The molecule has 1 spiro atoms. The highest BCUT2D eigenvalue weighted by molar-refractivity contribution is 6.35. The van der Waals surface area contributed by atoms with Crippen LogP contribution in [0.5, 0.6) is 0 Å². The van der Waals surface area contributed by atoms with Gasteiger partial charge in [0.2, 0.25) is 11.8 Å². The molecule has 2 N–H and O–H groups in total. The highest BCUT2D eigenvalue weighted by Gasteiger charge is 2.44. The van der Waals surface area contributed by atoms with E-state index >= 15 is 0 Å². The van der Waals surface area contributed by atoms with Crippen LogP contribution < -0.4 is 10.6 Å². The van der Waals surface area contributed by atoms with Crippen LogP contribution in [0.1, 0.15) is 50.0 Å². The Hall–Kier alpha value is -2.32. The average Bonchev–Trinajstić information content (AvgIpc) is 3.08. The lowest BCUT2D eigenvalue weighted by Gasteiger charge is -2.42. The van der Waals surface area contributed by atoms with Crippen LogP contribution in [0, 0.1) is 0 Å². The lowest BCUT2D eigenvalue weighted by atomic mass is 9.74. The molecular formula is C21H28ClN5O3. The fourth-order valence-corrected chi connectivity index (χ4v) is 4.75. The first-order chi connectivity index (χ1) is 14.3. The number of benzene rings is 1. The fraction of sp³-hybridized carbons (Fsp3) is 0.571. The van der Waals surface area contributed by atoms with Crippen molar-refractivity contribution in [2.24, 2.45) is 0 Å². The molecule has 9 heteroatoms. The van der Waals surface area contributed by atoms with Crippen LogP contribution in [0.15, 0.2) is 10.5 Å². The van der Waals surface area contributed by atoms with Gasteiger partial charge in [0.15, 0.2) is 5.58 Å². The van der Waals surface area contributed by atoms with Gasteiger partial charge < -0.3 is 20.0 Å². The van der Waals surface area contributed by atoms with Crippen molar-refractivity contribution in [3.63, 3.8) is 0 Å². The van der Waals surface area contributed by atoms with Gasteiger partial charge in [-0.15, -0.1) is 0 Å². The standard InChI is InChI=1S/C21H28ClN5O3/c1-26(2)16(28)7-10-27(3)12-15-23-14-11-13(22)18-17(19(14)30-15)21(25-20(29)24-18)8-5-4-6-9-21/h11H,4-10,12H2,1-3H3,(H2,24,25,29). The van der Waals surface area contributed by atoms with Crippen LogP contribution in [0.25, 0.3) is 11.1 Å². The zero-order valence-electron chi connectivity index (χ0n) is 17.7. The normalized spacial score (nSPS) is 17.7. The summed E-state index contributed by atoms with van der Waals surface area (Å²) in [5.74, 6) is 0.651. The topological polar surface area (TPSA) is 90.7 Å². The van der Waals surface area contributed by atoms with Crippen molar-refractivity contribution in [2.75, 3.05) is 33.0 Å². The number of halogens is 1. The molecular weight excluding hydrogens is 406 g/mol. The first-order valence-electron chi connectivity index (χ1n) is 10.4. The Kier molecular flexibility index (Phi) is 5.63. The van der Waals surface area contributed by atoms with Crippen LogP contribution >= 0.6 is 11.6 Å². The number of rotatable bonds is 5. The number of fused-ring (bicyclic) bond motifs is 4. The zero-order valence-corrected chi connectivity index (χ0v) is 18.4. The molecule has 8 nitrogen and oxygen atoms in total. The summed E-state index contributed by atoms with van der Waals surface area (Å²) in [5, 5.41) is 6.49. The van der Waals surface area contributed by atoms with Gasteiger partial charge in [0, 0.05) is 32.6 Å². The monoisotopic (exact) mass is 433 g/mol. The first-order valence-corrected chi connectivity index (χ1v) is 10.8. The van der Waals surface area contributed by atoms with E-state index < -0.39 is 5.54 Å². The molecule has 1 saturated carbocycles. The van der Waals surface area contributed by atoms with E-state index in [0.717, 1.165) is 37.7 Å². The van der Waals surface area contributed by atoms with Crippen molar-refractivity contribution in [1.82, 2.24) is 20.1 Å². The predicted molar refractivity (Wildman–Crippen MR) is 116 cm³/mol. The van der Waals surface area contributed by atoms with E-state index in [-0.39, 0.29) is 11.9 Å². The summed E-state index contributed by atoms with van der Waals surface area (Å²) >= 11 is 6.54. The van der Waals surface area contributed by atoms with Crippen molar-refractivity contribution >= 4 is 40.3 Å². The molecule has 0 atom stereocenters. The van der Waals surface area contributed by atoms with Gasteiger partial charge in [0.1, 0.15) is 5.52 Å². The predicted octanol–water partition coefficient (Wildman–Crippen LogP) is 3.69. The fourth-order valence-electron chi connectivity index (χ4n) is 4.50. The van der Waals surface area contributed by atoms with Gasteiger partial charge in [0.05, 0.1) is 22.8 Å². The van der Waals surface area contributed by atoms with Crippen LogP contribution in [-0.4, -0.2) is 54.4 Å². The summed E-state index contributed by atoms with van der Waals surface area (Å²) in [5.41, 5.74) is 2.43. The molecule has 4 rings (SSSR count). The smallest absolute Gasteiger partial charge is 0.319 e. The zero-order chi connectivity index (χ0) is 21.5. The molecule has 1 fully saturated rings. The number of carbonyl (C=O) groups is 2. The highest BCUT2D eigenvalue weighted by atomic mass is 35.5. The summed E-state index contributed by atoms with van der Waals surface area (Å²) in [6.07, 6.45) is 5.37. The Morgan fingerprint density at radius 1 is 1.27 bits per heavy atom. The van der Waals surface area contributed by atoms with E-state index in [0.29, 0.717) is 47.2 Å². The van der Waals surface area contributed by atoms with E-state index in [1.807, 2.05) is 11.9 Å². The molecule has 2 aromatic rings. The van der Waals surface area contributed by atoms with Gasteiger partial charge in [-0.25, -0.2) is 9.78 Å². The Balaban J connectivity index is 1.66. The third kappa shape index (κ3) is 3.86. The largest absolute Gasteiger partial charge is 0.439 e. The quantitative estimate of drug-likeness (QED) is 0.750. The first kappa shape index (κ1) is 20.9. The summed E-state index contributed by atoms with van der Waals surface area (Å²) in [7, 11) is 5.44. The second-order valence-electron chi connectivity index (χ2n) is 8.56. The van der Waals surface area contributed by atoms with E-state index in [9.17, 15) is 9.59 Å². The Morgan fingerprint density at radius 3 is 2.70 bits per heavy atom. The summed E-state index contributed by atoms with van der Waals surface area (Å²) in [6, 6.07) is 1.52. The van der Waals surface area contributed by atoms with Gasteiger partial charge in [-0.3, -0.25) is 9.69 Å². The molecule has 0 unspecified atom stereocenters. The minimum atomic E-state index is -0.472. The second kappa shape index (κ2) is 8.07. The molecule has 1 aromatic carbocycles. The molecule has 0 radical (unpaired) electrons.